The number of hydrogen-bond donors (Lipinski definition) is 0. The lowest BCUT2D eigenvalue weighted by Gasteiger charge is -2.09. The first-order valence-electron chi connectivity index (χ1n) is 37.3. The van der Waals surface area contributed by atoms with Crippen molar-refractivity contribution in [3.8, 4) is 34.1 Å². The van der Waals surface area contributed by atoms with Gasteiger partial charge in [-0.25, -0.2) is 0 Å². The molecule has 0 aliphatic rings. The highest BCUT2D eigenvalue weighted by atomic mass is 32.2. The monoisotopic (exact) mass is 1600 g/mol. The second-order valence-electron chi connectivity index (χ2n) is 26.9. The molecular formula is C100H92O17S. The van der Waals surface area contributed by atoms with Gasteiger partial charge in [0.25, 0.3) is 0 Å². The molecule has 600 valence electrons. The van der Waals surface area contributed by atoms with E-state index in [1.807, 2.05) is 121 Å². The van der Waals surface area contributed by atoms with Crippen LogP contribution in [0.2, 0.25) is 0 Å². The van der Waals surface area contributed by atoms with Gasteiger partial charge in [0.2, 0.25) is 0 Å². The molecule has 0 aromatic heterocycles. The summed E-state index contributed by atoms with van der Waals surface area (Å²) in [5, 5.41) is 1.97. The van der Waals surface area contributed by atoms with E-state index in [1.165, 1.54) is 55.4 Å². The van der Waals surface area contributed by atoms with E-state index >= 15 is 0 Å². The van der Waals surface area contributed by atoms with Gasteiger partial charge in [-0.15, -0.1) is 0 Å². The van der Waals surface area contributed by atoms with Gasteiger partial charge in [-0.2, -0.15) is 0 Å². The number of Topliss-reactive ketones (excluding diaryl/α,β-unsaturated/α-hetero) is 14. The highest BCUT2D eigenvalue weighted by Crippen LogP contribution is 2.29. The molecule has 0 radical (unpaired) electrons. The van der Waals surface area contributed by atoms with Gasteiger partial charge in [-0.05, 0) is 258 Å². The van der Waals surface area contributed by atoms with Gasteiger partial charge in [0.05, 0.1) is 0 Å². The number of carbonyl (C=O) groups is 14. The molecule has 0 atom stereocenters. The van der Waals surface area contributed by atoms with E-state index < -0.39 is 0 Å². The van der Waals surface area contributed by atoms with Crippen molar-refractivity contribution in [2.75, 3.05) is 13.2 Å². The van der Waals surface area contributed by atoms with E-state index in [9.17, 15) is 67.1 Å². The Kier molecular flexibility index (Phi) is 36.5. The van der Waals surface area contributed by atoms with E-state index in [-0.39, 0.29) is 81.0 Å². The summed E-state index contributed by atoms with van der Waals surface area (Å²) in [7, 11) is 0. The summed E-state index contributed by atoms with van der Waals surface area (Å²) in [6.45, 7) is 22.2. The van der Waals surface area contributed by atoms with E-state index in [1.54, 1.807) is 211 Å². The Bertz CT molecular complexity index is 5120. The normalized spacial score (nSPS) is 10.0. The minimum absolute atomic E-state index is 0.0156. The Balaban J connectivity index is 0.000000216. The smallest absolute Gasteiger partial charge is 0.159 e. The topological polar surface area (TPSA) is 267 Å². The van der Waals surface area contributed by atoms with Crippen LogP contribution in [-0.2, 0) is 0 Å². The van der Waals surface area contributed by atoms with Crippen LogP contribution in [0, 0.1) is 0 Å². The number of carbonyl (C=O) groups excluding carboxylic acids is 14. The molecule has 118 heavy (non-hydrogen) atoms. The summed E-state index contributed by atoms with van der Waals surface area (Å²) < 4.78 is 16.7. The fourth-order valence-corrected chi connectivity index (χ4v) is 11.4. The van der Waals surface area contributed by atoms with Crippen molar-refractivity contribution in [2.45, 2.75) is 107 Å². The van der Waals surface area contributed by atoms with Gasteiger partial charge >= 0.3 is 0 Å². The van der Waals surface area contributed by atoms with Crippen molar-refractivity contribution in [3.05, 3.63) is 357 Å². The highest BCUT2D eigenvalue weighted by molar-refractivity contribution is 7.99. The molecule has 12 aromatic rings. The van der Waals surface area contributed by atoms with E-state index in [4.69, 9.17) is 14.2 Å². The van der Waals surface area contributed by atoms with Crippen molar-refractivity contribution >= 4 is 103 Å². The molecule has 0 unspecified atom stereocenters. The molecule has 12 rings (SSSR count). The number of benzene rings is 12. The van der Waals surface area contributed by atoms with E-state index in [0.717, 1.165) is 42.8 Å². The Hall–Kier alpha value is -14.0. The van der Waals surface area contributed by atoms with Crippen LogP contribution in [0.4, 0.5) is 0 Å². The number of rotatable bonds is 24. The lowest BCUT2D eigenvalue weighted by molar-refractivity contribution is 0.0999. The largest absolute Gasteiger partial charge is 0.490 e. The Morgan fingerprint density at radius 2 is 0.373 bits per heavy atom. The molecule has 0 heterocycles. The molecule has 0 spiro atoms. The van der Waals surface area contributed by atoms with Crippen LogP contribution in [0.3, 0.4) is 0 Å². The maximum absolute atomic E-state index is 11.2. The summed E-state index contributed by atoms with van der Waals surface area (Å²) in [6, 6.07) is 82.2. The molecule has 0 bridgehead atoms. The average molecular weight is 1600 g/mol. The van der Waals surface area contributed by atoms with Crippen LogP contribution in [0.5, 0.6) is 23.0 Å². The third-order valence-electron chi connectivity index (χ3n) is 17.6. The van der Waals surface area contributed by atoms with Gasteiger partial charge in [0.1, 0.15) is 36.2 Å². The fourth-order valence-electron chi connectivity index (χ4n) is 10.6. The lowest BCUT2D eigenvalue weighted by atomic mass is 10.0. The van der Waals surface area contributed by atoms with Crippen molar-refractivity contribution < 1.29 is 81.3 Å². The summed E-state index contributed by atoms with van der Waals surface area (Å²) in [5.41, 5.74) is 11.4. The molecule has 0 fully saturated rings. The molecule has 0 saturated heterocycles. The Labute approximate surface area is 691 Å². The molecular weight excluding hydrogens is 1510 g/mol. The van der Waals surface area contributed by atoms with Gasteiger partial charge in [-0.3, -0.25) is 67.1 Å². The maximum atomic E-state index is 11.2. The second kappa shape index (κ2) is 46.4. The van der Waals surface area contributed by atoms with Crippen molar-refractivity contribution in [3.63, 3.8) is 0 Å². The second-order valence-corrected chi connectivity index (χ2v) is 28.1. The molecule has 0 N–H and O–H groups in total. The van der Waals surface area contributed by atoms with Gasteiger partial charge in [0, 0.05) is 87.7 Å². The van der Waals surface area contributed by atoms with Crippen LogP contribution in [-0.4, -0.2) is 94.2 Å². The van der Waals surface area contributed by atoms with Crippen LogP contribution in [0.1, 0.15) is 242 Å². The molecule has 18 heteroatoms. The lowest BCUT2D eigenvalue weighted by Crippen LogP contribution is -2.09. The van der Waals surface area contributed by atoms with Crippen molar-refractivity contribution in [2.24, 2.45) is 0 Å². The minimum Gasteiger partial charge on any atom is -0.490 e. The maximum Gasteiger partial charge on any atom is 0.159 e. The highest BCUT2D eigenvalue weighted by Gasteiger charge is 2.11. The SMILES string of the molecule is CC(=O)c1ccc(-c2ccc(C(C)=O)cc2)cc1.CC(=O)c1ccc(C(C)=O)cc1.CC(=O)c1ccc(OCCOc2ccc(C(C)=O)cc2)cc1.CC(=O)c1ccc(Oc2ccc(C(C)=O)cc2)cc1.CC(=O)c1ccc(Sc2ccc(C(C)=O)cc2)cc1.CC(=O)c1ccc2cc(C(C)=O)ccc2c1.CC(=O)c1cccc(C(C)=O)c1. The summed E-state index contributed by atoms with van der Waals surface area (Å²) in [5.74, 6) is 3.19. The zero-order valence-corrected chi connectivity index (χ0v) is 69.1. The number of ketones is 14. The summed E-state index contributed by atoms with van der Waals surface area (Å²) in [6.07, 6.45) is 0. The molecule has 12 aromatic carbocycles. The summed E-state index contributed by atoms with van der Waals surface area (Å²) >= 11 is 1.61. The standard InChI is InChI=1S/C18H18O4.C16H14O3.C16H14O2S.C16H14O2.C14H12O2.2C10H10O2/c1-13(19)15-3-7-17(8-4-15)21-11-12-22-18-9-5-16(6-10-18)14(2)20;2*1-11(17)13-3-7-15(8-4-13)19-16-9-5-14(6-10-16)12(2)18;1-11(17)13-3-7-15(8-4-13)16-9-5-14(6-10-16)12(2)18;1-9(15)11-3-5-14-8-12(10(2)16)4-6-13(14)7-11;1-7(11)9-3-5-10(6-4-9)8(2)12;1-7(11)9-4-3-5-10(6-9)8(2)12/h3-10H,11-12H2,1-2H3;2*3-10H,1-2H3;3-10H,1-2H3;3-8H,1-2H3;2*3-6H,1-2H3. The Morgan fingerprint density at radius 3 is 0.593 bits per heavy atom. The van der Waals surface area contributed by atoms with Gasteiger partial charge in [-0.1, -0.05) is 151 Å². The average Bonchev–Trinajstić information content (AvgIpc) is 0.808. The van der Waals surface area contributed by atoms with Crippen LogP contribution in [0.15, 0.2) is 289 Å². The van der Waals surface area contributed by atoms with Gasteiger partial charge in [0.15, 0.2) is 81.0 Å². The zero-order valence-electron chi connectivity index (χ0n) is 68.3. The van der Waals surface area contributed by atoms with Crippen LogP contribution >= 0.6 is 11.8 Å². The van der Waals surface area contributed by atoms with Gasteiger partial charge < -0.3 is 14.2 Å². The molecule has 0 aliphatic carbocycles. The molecule has 0 amide bonds. The predicted molar refractivity (Wildman–Crippen MR) is 463 cm³/mol. The number of hydrogen-bond acceptors (Lipinski definition) is 18. The first-order chi connectivity index (χ1) is 56.0. The van der Waals surface area contributed by atoms with Crippen molar-refractivity contribution in [1.82, 2.24) is 0 Å². The van der Waals surface area contributed by atoms with Crippen LogP contribution in [0.25, 0.3) is 21.9 Å². The minimum atomic E-state index is -0.0156. The quantitative estimate of drug-likeness (QED) is 0.0402. The van der Waals surface area contributed by atoms with Crippen LogP contribution < -0.4 is 14.2 Å². The Morgan fingerprint density at radius 1 is 0.195 bits per heavy atom. The summed E-state index contributed by atoms with van der Waals surface area (Å²) in [4.78, 5) is 157. The first kappa shape index (κ1) is 92.9. The predicted octanol–water partition coefficient (Wildman–Crippen LogP) is 22.9. The van der Waals surface area contributed by atoms with Crippen molar-refractivity contribution in [1.29, 1.82) is 0 Å². The molecule has 17 nitrogen and oxygen atoms in total. The molecule has 0 aliphatic heterocycles. The third-order valence-corrected chi connectivity index (χ3v) is 18.6. The first-order valence-corrected chi connectivity index (χ1v) is 38.2. The zero-order chi connectivity index (χ0) is 86.7. The van der Waals surface area contributed by atoms with E-state index in [2.05, 4.69) is 0 Å². The number of ether oxygens (including phenoxy) is 3. The fraction of sp³-hybridized carbons (Fsp3) is 0.160. The third kappa shape index (κ3) is 31.1. The number of fused-ring (bicyclic) bond motifs is 1. The molecule has 0 saturated carbocycles. The van der Waals surface area contributed by atoms with E-state index in [0.29, 0.717) is 103 Å².